The molecule has 0 aliphatic heterocycles. The minimum atomic E-state index is -0.315. The van der Waals surface area contributed by atoms with Gasteiger partial charge in [0.25, 0.3) is 0 Å². The van der Waals surface area contributed by atoms with Crippen molar-refractivity contribution in [1.29, 1.82) is 5.26 Å². The summed E-state index contributed by atoms with van der Waals surface area (Å²) < 4.78 is 5.61. The number of carbonyl (C=O) groups excluding carboxylic acids is 1. The van der Waals surface area contributed by atoms with Crippen LogP contribution >= 0.6 is 0 Å². The smallest absolute Gasteiger partial charge is 0.343 e. The zero-order chi connectivity index (χ0) is 25.1. The van der Waals surface area contributed by atoms with Crippen molar-refractivity contribution in [2.24, 2.45) is 11.3 Å². The van der Waals surface area contributed by atoms with Gasteiger partial charge in [0.1, 0.15) is 5.75 Å². The Morgan fingerprint density at radius 3 is 2.26 bits per heavy atom. The Labute approximate surface area is 212 Å². The van der Waals surface area contributed by atoms with Crippen LogP contribution in [0.15, 0.2) is 48.5 Å². The molecule has 3 nitrogen and oxygen atoms in total. The number of rotatable bonds is 12. The lowest BCUT2D eigenvalue weighted by atomic mass is 9.66. The molecule has 2 aromatic rings. The number of aryl methyl sites for hydroxylation is 1. The van der Waals surface area contributed by atoms with E-state index < -0.39 is 0 Å². The number of unbranched alkanes of at least 4 members (excludes halogenated alkanes) is 4. The van der Waals surface area contributed by atoms with E-state index in [1.165, 1.54) is 43.2 Å². The summed E-state index contributed by atoms with van der Waals surface area (Å²) in [4.78, 5) is 12.7. The molecule has 188 valence electrons. The molecule has 1 atom stereocenters. The van der Waals surface area contributed by atoms with Crippen LogP contribution in [0.2, 0.25) is 0 Å². The quantitative estimate of drug-likeness (QED) is 0.175. The molecule has 0 unspecified atom stereocenters. The third kappa shape index (κ3) is 7.96. The molecule has 35 heavy (non-hydrogen) atoms. The van der Waals surface area contributed by atoms with Crippen LogP contribution in [0.5, 0.6) is 5.75 Å². The van der Waals surface area contributed by atoms with Gasteiger partial charge in [0.05, 0.1) is 17.0 Å². The van der Waals surface area contributed by atoms with Gasteiger partial charge in [-0.2, -0.15) is 5.26 Å². The average Bonchev–Trinajstić information content (AvgIpc) is 2.90. The third-order valence-corrected chi connectivity index (χ3v) is 7.94. The van der Waals surface area contributed by atoms with E-state index >= 15 is 0 Å². The van der Waals surface area contributed by atoms with Crippen molar-refractivity contribution in [3.63, 3.8) is 0 Å². The molecule has 2 aromatic carbocycles. The summed E-state index contributed by atoms with van der Waals surface area (Å²) >= 11 is 0. The van der Waals surface area contributed by atoms with Gasteiger partial charge in [-0.15, -0.1) is 0 Å². The van der Waals surface area contributed by atoms with Crippen molar-refractivity contribution in [2.45, 2.75) is 104 Å². The number of esters is 1. The second kappa shape index (κ2) is 13.5. The highest BCUT2D eigenvalue weighted by Crippen LogP contribution is 2.46. The second-order valence-electron chi connectivity index (χ2n) is 10.7. The highest BCUT2D eigenvalue weighted by atomic mass is 16.5. The molecular formula is C32H43NO2. The van der Waals surface area contributed by atoms with Gasteiger partial charge in [-0.3, -0.25) is 0 Å². The molecule has 3 rings (SSSR count). The highest BCUT2D eigenvalue weighted by Gasteiger charge is 2.36. The van der Waals surface area contributed by atoms with Gasteiger partial charge in [-0.25, -0.2) is 4.79 Å². The largest absolute Gasteiger partial charge is 0.423 e. The van der Waals surface area contributed by atoms with Crippen LogP contribution in [0.3, 0.4) is 0 Å². The van der Waals surface area contributed by atoms with E-state index in [9.17, 15) is 10.1 Å². The molecule has 1 saturated carbocycles. The fourth-order valence-electron chi connectivity index (χ4n) is 5.39. The summed E-state index contributed by atoms with van der Waals surface area (Å²) in [5.74, 6) is 1.34. The molecule has 0 heterocycles. The van der Waals surface area contributed by atoms with E-state index in [2.05, 4.69) is 51.1 Å². The summed E-state index contributed by atoms with van der Waals surface area (Å²) in [6.45, 7) is 6.70. The Bertz CT molecular complexity index is 947. The molecule has 0 saturated heterocycles. The standard InChI is InChI=1S/C32H43NO2/c1-4-6-7-8-9-10-26-11-17-30(18-12-26)35-31(34)29-15-13-27(14-16-29)28-19-21-32(24-33,22-20-28)23-25(3)5-2/h11-18,25,28H,4-10,19-23H2,1-3H3/t25-,28?,32?/m1/s1. The zero-order valence-electron chi connectivity index (χ0n) is 22.0. The first-order chi connectivity index (χ1) is 17.0. The van der Waals surface area contributed by atoms with E-state index in [1.54, 1.807) is 0 Å². The van der Waals surface area contributed by atoms with Gasteiger partial charge in [0.2, 0.25) is 0 Å². The molecular weight excluding hydrogens is 430 g/mol. The van der Waals surface area contributed by atoms with Crippen LogP contribution in [-0.4, -0.2) is 5.97 Å². The topological polar surface area (TPSA) is 50.1 Å². The van der Waals surface area contributed by atoms with Gasteiger partial charge in [-0.1, -0.05) is 77.1 Å². The lowest BCUT2D eigenvalue weighted by molar-refractivity contribution is 0.0734. The van der Waals surface area contributed by atoms with Crippen molar-refractivity contribution in [3.05, 3.63) is 65.2 Å². The van der Waals surface area contributed by atoms with E-state index in [0.29, 0.717) is 23.1 Å². The van der Waals surface area contributed by atoms with Crippen LogP contribution in [-0.2, 0) is 6.42 Å². The first-order valence-electron chi connectivity index (χ1n) is 13.8. The molecule has 0 spiro atoms. The number of nitriles is 1. The van der Waals surface area contributed by atoms with Crippen molar-refractivity contribution in [3.8, 4) is 11.8 Å². The molecule has 0 aromatic heterocycles. The minimum Gasteiger partial charge on any atom is -0.423 e. The van der Waals surface area contributed by atoms with Crippen LogP contribution in [0.4, 0.5) is 0 Å². The summed E-state index contributed by atoms with van der Waals surface area (Å²) in [6.07, 6.45) is 13.6. The van der Waals surface area contributed by atoms with Crippen molar-refractivity contribution >= 4 is 5.97 Å². The maximum Gasteiger partial charge on any atom is 0.343 e. The Kier molecular flexibility index (Phi) is 10.4. The maximum atomic E-state index is 12.7. The minimum absolute atomic E-state index is 0.153. The molecule has 0 amide bonds. The first-order valence-corrected chi connectivity index (χ1v) is 13.8. The highest BCUT2D eigenvalue weighted by molar-refractivity contribution is 5.91. The Balaban J connectivity index is 1.49. The summed E-state index contributed by atoms with van der Waals surface area (Å²) in [7, 11) is 0. The Morgan fingerprint density at radius 2 is 1.66 bits per heavy atom. The second-order valence-corrected chi connectivity index (χ2v) is 10.7. The normalized spacial score (nSPS) is 20.7. The lowest BCUT2D eigenvalue weighted by Gasteiger charge is -2.36. The fraction of sp³-hybridized carbons (Fsp3) is 0.562. The predicted molar refractivity (Wildman–Crippen MR) is 144 cm³/mol. The van der Waals surface area contributed by atoms with Gasteiger partial charge < -0.3 is 4.74 Å². The van der Waals surface area contributed by atoms with E-state index in [-0.39, 0.29) is 11.4 Å². The van der Waals surface area contributed by atoms with Gasteiger partial charge in [0.15, 0.2) is 0 Å². The van der Waals surface area contributed by atoms with Crippen LogP contribution in [0.1, 0.15) is 119 Å². The van der Waals surface area contributed by atoms with Gasteiger partial charge >= 0.3 is 5.97 Å². The number of carbonyl (C=O) groups is 1. The number of nitrogens with zero attached hydrogens (tertiary/aromatic N) is 1. The lowest BCUT2D eigenvalue weighted by Crippen LogP contribution is -2.27. The van der Waals surface area contributed by atoms with Crippen LogP contribution in [0.25, 0.3) is 0 Å². The Morgan fingerprint density at radius 1 is 1.00 bits per heavy atom. The number of ether oxygens (including phenoxy) is 1. The van der Waals surface area contributed by atoms with Crippen LogP contribution < -0.4 is 4.74 Å². The molecule has 1 aliphatic carbocycles. The van der Waals surface area contributed by atoms with Gasteiger partial charge in [-0.05, 0) is 92.2 Å². The molecule has 0 bridgehead atoms. The van der Waals surface area contributed by atoms with Crippen molar-refractivity contribution < 1.29 is 9.53 Å². The zero-order valence-corrected chi connectivity index (χ0v) is 22.0. The van der Waals surface area contributed by atoms with Gasteiger partial charge in [0, 0.05) is 0 Å². The molecule has 3 heteroatoms. The SMILES string of the molecule is CCCCCCCc1ccc(OC(=O)c2ccc(C3CCC(C#N)(C[C@H](C)CC)CC3)cc2)cc1. The van der Waals surface area contributed by atoms with Crippen LogP contribution in [0, 0.1) is 22.7 Å². The predicted octanol–water partition coefficient (Wildman–Crippen LogP) is 9.02. The fourth-order valence-corrected chi connectivity index (χ4v) is 5.39. The van der Waals surface area contributed by atoms with Crippen molar-refractivity contribution in [1.82, 2.24) is 0 Å². The molecule has 0 N–H and O–H groups in total. The number of hydrogen-bond donors (Lipinski definition) is 0. The maximum absolute atomic E-state index is 12.7. The summed E-state index contributed by atoms with van der Waals surface area (Å²) in [5.41, 5.74) is 2.98. The number of benzene rings is 2. The Hall–Kier alpha value is -2.60. The molecule has 1 aliphatic rings. The van der Waals surface area contributed by atoms with Crippen molar-refractivity contribution in [2.75, 3.05) is 0 Å². The monoisotopic (exact) mass is 473 g/mol. The van der Waals surface area contributed by atoms with E-state index in [0.717, 1.165) is 44.9 Å². The van der Waals surface area contributed by atoms with E-state index in [1.807, 2.05) is 24.3 Å². The summed E-state index contributed by atoms with van der Waals surface area (Å²) in [5, 5.41) is 9.84. The average molecular weight is 474 g/mol. The molecule has 0 radical (unpaired) electrons. The van der Waals surface area contributed by atoms with E-state index in [4.69, 9.17) is 4.74 Å². The first kappa shape index (κ1) is 27.0. The number of hydrogen-bond acceptors (Lipinski definition) is 3. The third-order valence-electron chi connectivity index (χ3n) is 7.94. The molecule has 1 fully saturated rings. The summed E-state index contributed by atoms with van der Waals surface area (Å²) in [6, 6.07) is 18.5.